The van der Waals surface area contributed by atoms with Crippen LogP contribution in [0, 0.1) is 0 Å². The highest BCUT2D eigenvalue weighted by atomic mass is 79.9. The van der Waals surface area contributed by atoms with Crippen LogP contribution >= 0.6 is 27.5 Å². The van der Waals surface area contributed by atoms with Crippen molar-refractivity contribution < 1.29 is 14.3 Å². The maximum Gasteiger partial charge on any atom is 0.244 e. The second kappa shape index (κ2) is 8.70. The molecule has 0 heterocycles. The first-order valence-electron chi connectivity index (χ1n) is 7.01. The lowest BCUT2D eigenvalue weighted by molar-refractivity contribution is -0.120. The molecule has 0 radical (unpaired) electrons. The summed E-state index contributed by atoms with van der Waals surface area (Å²) in [5, 5.41) is 4.61. The first-order chi connectivity index (χ1) is 11.5. The van der Waals surface area contributed by atoms with E-state index in [0.717, 1.165) is 10.0 Å². The number of amides is 1. The maximum absolute atomic E-state index is 11.9. The summed E-state index contributed by atoms with van der Waals surface area (Å²) in [6, 6.07) is 10.7. The van der Waals surface area contributed by atoms with Crippen LogP contribution in [0.2, 0.25) is 5.02 Å². The summed E-state index contributed by atoms with van der Waals surface area (Å²) < 4.78 is 11.4. The third-order valence-electron chi connectivity index (χ3n) is 3.14. The van der Waals surface area contributed by atoms with E-state index in [0.29, 0.717) is 22.1 Å². The minimum atomic E-state index is -0.227. The third-order valence-corrected chi connectivity index (χ3v) is 3.85. The van der Waals surface area contributed by atoms with Crippen LogP contribution in [0.1, 0.15) is 11.1 Å². The zero-order valence-corrected chi connectivity index (χ0v) is 15.5. The zero-order chi connectivity index (χ0) is 17.5. The largest absolute Gasteiger partial charge is 0.493 e. The molecule has 0 aromatic heterocycles. The lowest BCUT2D eigenvalue weighted by atomic mass is 10.1. The van der Waals surface area contributed by atoms with E-state index in [-0.39, 0.29) is 12.3 Å². The van der Waals surface area contributed by atoms with Gasteiger partial charge in [0.1, 0.15) is 0 Å². The number of benzene rings is 2. The van der Waals surface area contributed by atoms with E-state index in [4.69, 9.17) is 21.1 Å². The van der Waals surface area contributed by atoms with Gasteiger partial charge in [-0.25, -0.2) is 5.43 Å². The topological polar surface area (TPSA) is 59.9 Å². The van der Waals surface area contributed by atoms with Crippen molar-refractivity contribution in [1.82, 2.24) is 5.43 Å². The Morgan fingerprint density at radius 1 is 1.25 bits per heavy atom. The average Bonchev–Trinajstić information content (AvgIpc) is 2.56. The molecular formula is C17H16BrClN2O3. The highest BCUT2D eigenvalue weighted by molar-refractivity contribution is 9.10. The molecule has 7 heteroatoms. The molecule has 1 amide bonds. The van der Waals surface area contributed by atoms with Gasteiger partial charge in [0.2, 0.25) is 5.91 Å². The lowest BCUT2D eigenvalue weighted by Gasteiger charge is -2.10. The van der Waals surface area contributed by atoms with Crippen LogP contribution in [0.25, 0.3) is 0 Å². The SMILES string of the molecule is COc1cc(Br)cc(/C=N\NC(=O)Cc2ccc(Cl)cc2)c1OC. The van der Waals surface area contributed by atoms with E-state index in [9.17, 15) is 4.79 Å². The summed E-state index contributed by atoms with van der Waals surface area (Å²) in [4.78, 5) is 11.9. The van der Waals surface area contributed by atoms with Gasteiger partial charge >= 0.3 is 0 Å². The lowest BCUT2D eigenvalue weighted by Crippen LogP contribution is -2.19. The van der Waals surface area contributed by atoms with Gasteiger partial charge < -0.3 is 9.47 Å². The van der Waals surface area contributed by atoms with Crippen molar-refractivity contribution in [2.75, 3.05) is 14.2 Å². The van der Waals surface area contributed by atoms with Crippen molar-refractivity contribution in [3.05, 3.63) is 57.0 Å². The first-order valence-corrected chi connectivity index (χ1v) is 8.18. The fourth-order valence-corrected chi connectivity index (χ4v) is 2.64. The Hall–Kier alpha value is -2.05. The van der Waals surface area contributed by atoms with Crippen molar-refractivity contribution in [2.45, 2.75) is 6.42 Å². The highest BCUT2D eigenvalue weighted by Gasteiger charge is 2.10. The minimum absolute atomic E-state index is 0.216. The molecule has 0 aliphatic carbocycles. The Bertz CT molecular complexity index is 748. The number of carbonyl (C=O) groups excluding carboxylic acids is 1. The fraction of sp³-hybridized carbons (Fsp3) is 0.176. The molecule has 2 aromatic rings. The molecule has 0 fully saturated rings. The van der Waals surface area contributed by atoms with Crippen molar-refractivity contribution in [2.24, 2.45) is 5.10 Å². The van der Waals surface area contributed by atoms with Crippen LogP contribution in [0.4, 0.5) is 0 Å². The molecule has 24 heavy (non-hydrogen) atoms. The van der Waals surface area contributed by atoms with Crippen LogP contribution in [0.5, 0.6) is 11.5 Å². The number of hydrogen-bond acceptors (Lipinski definition) is 4. The Morgan fingerprint density at radius 3 is 2.58 bits per heavy atom. The summed E-state index contributed by atoms with van der Waals surface area (Å²) in [6.45, 7) is 0. The van der Waals surface area contributed by atoms with Crippen molar-refractivity contribution >= 4 is 39.7 Å². The Kier molecular flexibility index (Phi) is 6.63. The van der Waals surface area contributed by atoms with E-state index < -0.39 is 0 Å². The molecule has 5 nitrogen and oxygen atoms in total. The molecular weight excluding hydrogens is 396 g/mol. The molecule has 1 N–H and O–H groups in total. The average molecular weight is 412 g/mol. The second-order valence-electron chi connectivity index (χ2n) is 4.83. The summed E-state index contributed by atoms with van der Waals surface area (Å²) in [5.41, 5.74) is 4.02. The van der Waals surface area contributed by atoms with Gasteiger partial charge in [0.15, 0.2) is 11.5 Å². The molecule has 0 unspecified atom stereocenters. The number of nitrogens with zero attached hydrogens (tertiary/aromatic N) is 1. The summed E-state index contributed by atoms with van der Waals surface area (Å²) in [5.74, 6) is 0.881. The zero-order valence-electron chi connectivity index (χ0n) is 13.2. The molecule has 0 atom stereocenters. The number of hydrazone groups is 1. The summed E-state index contributed by atoms with van der Waals surface area (Å²) in [6.07, 6.45) is 1.72. The van der Waals surface area contributed by atoms with Crippen molar-refractivity contribution in [1.29, 1.82) is 0 Å². The van der Waals surface area contributed by atoms with Crippen molar-refractivity contribution in [3.8, 4) is 11.5 Å². The van der Waals surface area contributed by atoms with Gasteiger partial charge in [-0.05, 0) is 29.8 Å². The monoisotopic (exact) mass is 410 g/mol. The normalized spacial score (nSPS) is 10.7. The van der Waals surface area contributed by atoms with Gasteiger partial charge in [-0.15, -0.1) is 0 Å². The Morgan fingerprint density at radius 2 is 1.96 bits per heavy atom. The van der Waals surface area contributed by atoms with Gasteiger partial charge in [0, 0.05) is 15.1 Å². The standard InChI is InChI=1S/C17H16BrClN2O3/c1-23-15-9-13(18)8-12(17(15)24-2)10-20-21-16(22)7-11-3-5-14(19)6-4-11/h3-6,8-10H,7H2,1-2H3,(H,21,22)/b20-10-. The molecule has 126 valence electrons. The first kappa shape index (κ1) is 18.3. The van der Waals surface area contributed by atoms with Gasteiger partial charge in [-0.2, -0.15) is 5.10 Å². The van der Waals surface area contributed by atoms with Gasteiger partial charge in [-0.1, -0.05) is 39.7 Å². The number of methoxy groups -OCH3 is 2. The molecule has 0 aliphatic heterocycles. The molecule has 0 aliphatic rings. The van der Waals surface area contributed by atoms with Gasteiger partial charge in [-0.3, -0.25) is 4.79 Å². The number of carbonyl (C=O) groups is 1. The van der Waals surface area contributed by atoms with Crippen LogP contribution in [-0.2, 0) is 11.2 Å². The minimum Gasteiger partial charge on any atom is -0.493 e. The predicted octanol–water partition coefficient (Wildman–Crippen LogP) is 3.81. The van der Waals surface area contributed by atoms with E-state index in [1.54, 1.807) is 44.6 Å². The van der Waals surface area contributed by atoms with Crippen LogP contribution in [0.3, 0.4) is 0 Å². The summed E-state index contributed by atoms with van der Waals surface area (Å²) in [7, 11) is 3.10. The molecule has 2 aromatic carbocycles. The molecule has 0 spiro atoms. The number of halogens is 2. The number of nitrogens with one attached hydrogen (secondary N) is 1. The van der Waals surface area contributed by atoms with Crippen LogP contribution < -0.4 is 14.9 Å². The van der Waals surface area contributed by atoms with E-state index in [1.165, 1.54) is 6.21 Å². The molecule has 0 saturated carbocycles. The van der Waals surface area contributed by atoms with E-state index in [1.807, 2.05) is 6.07 Å². The Labute approximate surface area is 153 Å². The highest BCUT2D eigenvalue weighted by Crippen LogP contribution is 2.33. The van der Waals surface area contributed by atoms with E-state index >= 15 is 0 Å². The molecule has 2 rings (SSSR count). The van der Waals surface area contributed by atoms with Gasteiger partial charge in [0.25, 0.3) is 0 Å². The molecule has 0 saturated heterocycles. The van der Waals surface area contributed by atoms with Crippen molar-refractivity contribution in [3.63, 3.8) is 0 Å². The van der Waals surface area contributed by atoms with Crippen LogP contribution in [-0.4, -0.2) is 26.3 Å². The van der Waals surface area contributed by atoms with Gasteiger partial charge in [0.05, 0.1) is 26.9 Å². The quantitative estimate of drug-likeness (QED) is 0.581. The number of rotatable bonds is 6. The smallest absolute Gasteiger partial charge is 0.244 e. The van der Waals surface area contributed by atoms with E-state index in [2.05, 4.69) is 26.5 Å². The maximum atomic E-state index is 11.9. The molecule has 0 bridgehead atoms. The third kappa shape index (κ3) is 4.97. The Balaban J connectivity index is 2.04. The predicted molar refractivity (Wildman–Crippen MR) is 98.1 cm³/mol. The fourth-order valence-electron chi connectivity index (χ4n) is 2.06. The second-order valence-corrected chi connectivity index (χ2v) is 6.18. The van der Waals surface area contributed by atoms with Crippen LogP contribution in [0.15, 0.2) is 46.0 Å². The number of hydrogen-bond donors (Lipinski definition) is 1. The summed E-state index contributed by atoms with van der Waals surface area (Å²) >= 11 is 9.21. The number of ether oxygens (including phenoxy) is 2.